The fourth-order valence-corrected chi connectivity index (χ4v) is 6.23. The first-order valence-corrected chi connectivity index (χ1v) is 17.2. The van der Waals surface area contributed by atoms with Gasteiger partial charge in [0.1, 0.15) is 25.0 Å². The molecule has 0 fully saturated rings. The van der Waals surface area contributed by atoms with Gasteiger partial charge in [0.15, 0.2) is 11.6 Å². The zero-order valence-corrected chi connectivity index (χ0v) is 25.7. The van der Waals surface area contributed by atoms with E-state index in [4.69, 9.17) is 14.5 Å². The number of aromatic nitrogens is 5. The minimum Gasteiger partial charge on any atom is -0.488 e. The number of rotatable bonds is 8. The second-order valence-corrected chi connectivity index (χ2v) is 18.4. The van der Waals surface area contributed by atoms with E-state index in [0.717, 1.165) is 59.1 Å². The number of anilines is 2. The van der Waals surface area contributed by atoms with Gasteiger partial charge in [-0.05, 0) is 44.0 Å². The third-order valence-corrected chi connectivity index (χ3v) is 14.0. The Morgan fingerprint density at radius 1 is 1.23 bits per heavy atom. The van der Waals surface area contributed by atoms with Crippen molar-refractivity contribution in [1.29, 1.82) is 0 Å². The Morgan fingerprint density at radius 2 is 2.03 bits per heavy atom. The Morgan fingerprint density at radius 3 is 2.77 bits per heavy atom. The van der Waals surface area contributed by atoms with Gasteiger partial charge in [-0.3, -0.25) is 0 Å². The van der Waals surface area contributed by atoms with Crippen LogP contribution in [0, 0.1) is 6.92 Å². The summed E-state index contributed by atoms with van der Waals surface area (Å²) in [6, 6.07) is 7.84. The first-order chi connectivity index (χ1) is 18.4. The van der Waals surface area contributed by atoms with Crippen LogP contribution in [-0.2, 0) is 16.2 Å². The standard InChI is InChI=1S/C29H43N7O2Si/c1-20(2)36-28(30-18-31-36)26-17-35-25-15-22(9-10-23(25)33-27(35)11-12-38-26)24-16-34(21(3)32-24)19-37-13-14-39(7,8)29(4,5)6/h9-10,15-18,20,27,33H,11-14,19H2,1-8H3. The molecule has 39 heavy (non-hydrogen) atoms. The van der Waals surface area contributed by atoms with E-state index in [-0.39, 0.29) is 12.2 Å². The number of benzene rings is 1. The summed E-state index contributed by atoms with van der Waals surface area (Å²) in [5, 5.41) is 8.42. The molecule has 0 radical (unpaired) electrons. The van der Waals surface area contributed by atoms with Crippen molar-refractivity contribution in [3.8, 4) is 11.3 Å². The second-order valence-electron chi connectivity index (χ2n) is 12.6. The van der Waals surface area contributed by atoms with Gasteiger partial charge in [-0.15, -0.1) is 0 Å². The molecule has 10 heteroatoms. The fourth-order valence-electron chi connectivity index (χ4n) is 4.83. The lowest BCUT2D eigenvalue weighted by molar-refractivity contribution is 0.0854. The van der Waals surface area contributed by atoms with Crippen molar-refractivity contribution in [3.05, 3.63) is 48.6 Å². The molecular weight excluding hydrogens is 506 g/mol. The zero-order valence-electron chi connectivity index (χ0n) is 24.7. The van der Waals surface area contributed by atoms with Crippen molar-refractivity contribution in [1.82, 2.24) is 24.3 Å². The van der Waals surface area contributed by atoms with Crippen LogP contribution < -0.4 is 10.2 Å². The monoisotopic (exact) mass is 549 g/mol. The summed E-state index contributed by atoms with van der Waals surface area (Å²) in [6.45, 7) is 20.1. The van der Waals surface area contributed by atoms with Gasteiger partial charge < -0.3 is 24.3 Å². The lowest BCUT2D eigenvalue weighted by Crippen LogP contribution is -2.38. The largest absolute Gasteiger partial charge is 0.488 e. The Hall–Kier alpha value is -3.11. The van der Waals surface area contributed by atoms with Crippen LogP contribution >= 0.6 is 0 Å². The summed E-state index contributed by atoms with van der Waals surface area (Å²) in [7, 11) is -1.35. The lowest BCUT2D eigenvalue weighted by Gasteiger charge is -2.36. The van der Waals surface area contributed by atoms with Gasteiger partial charge in [0.2, 0.25) is 0 Å². The average molecular weight is 550 g/mol. The topological polar surface area (TPSA) is 82.3 Å². The highest BCUT2D eigenvalue weighted by atomic mass is 28.3. The van der Waals surface area contributed by atoms with Crippen LogP contribution in [0.4, 0.5) is 11.4 Å². The van der Waals surface area contributed by atoms with Gasteiger partial charge in [-0.2, -0.15) is 5.10 Å². The van der Waals surface area contributed by atoms with Crippen molar-refractivity contribution >= 4 is 25.2 Å². The molecule has 1 unspecified atom stereocenters. The van der Waals surface area contributed by atoms with Gasteiger partial charge in [-0.1, -0.05) is 39.9 Å². The quantitative estimate of drug-likeness (QED) is 0.254. The number of hydrogen-bond donors (Lipinski definition) is 1. The molecule has 5 rings (SSSR count). The van der Waals surface area contributed by atoms with E-state index >= 15 is 0 Å². The van der Waals surface area contributed by atoms with E-state index in [2.05, 4.69) is 103 Å². The molecule has 210 valence electrons. The van der Waals surface area contributed by atoms with E-state index in [1.165, 1.54) is 0 Å². The van der Waals surface area contributed by atoms with Crippen LogP contribution in [0.25, 0.3) is 17.0 Å². The smallest absolute Gasteiger partial charge is 0.195 e. The predicted molar refractivity (Wildman–Crippen MR) is 159 cm³/mol. The van der Waals surface area contributed by atoms with E-state index in [9.17, 15) is 0 Å². The van der Waals surface area contributed by atoms with Crippen molar-refractivity contribution < 1.29 is 9.47 Å². The van der Waals surface area contributed by atoms with Gasteiger partial charge in [-0.25, -0.2) is 14.6 Å². The van der Waals surface area contributed by atoms with Crippen molar-refractivity contribution in [2.24, 2.45) is 0 Å². The lowest BCUT2D eigenvalue weighted by atomic mass is 10.1. The molecule has 1 aromatic carbocycles. The Labute approximate surface area is 233 Å². The molecule has 0 saturated heterocycles. The van der Waals surface area contributed by atoms with Gasteiger partial charge in [0.05, 0.1) is 37.9 Å². The molecular formula is C29H43N7O2Si. The molecule has 4 heterocycles. The fraction of sp³-hybridized carbons (Fsp3) is 0.552. The summed E-state index contributed by atoms with van der Waals surface area (Å²) in [5.41, 5.74) is 4.23. The highest BCUT2D eigenvalue weighted by Gasteiger charge is 2.34. The SMILES string of the molecule is Cc1nc(-c2ccc3c(c2)N2C=C(c4ncnn4C(C)C)OCCC2N3)cn1COCC[Si](C)(C)C(C)(C)C. The van der Waals surface area contributed by atoms with E-state index in [1.54, 1.807) is 6.33 Å². The predicted octanol–water partition coefficient (Wildman–Crippen LogP) is 6.49. The summed E-state index contributed by atoms with van der Waals surface area (Å²) in [5.74, 6) is 2.43. The van der Waals surface area contributed by atoms with Gasteiger partial charge in [0, 0.05) is 30.8 Å². The summed E-state index contributed by atoms with van der Waals surface area (Å²) in [6.07, 6.45) is 6.72. The van der Waals surface area contributed by atoms with Crippen LogP contribution in [0.2, 0.25) is 24.2 Å². The van der Waals surface area contributed by atoms with Crippen LogP contribution in [0.3, 0.4) is 0 Å². The number of aryl methyl sites for hydroxylation is 1. The van der Waals surface area contributed by atoms with Crippen molar-refractivity contribution in [2.45, 2.75) is 91.1 Å². The van der Waals surface area contributed by atoms with Crippen LogP contribution in [0.1, 0.15) is 58.7 Å². The molecule has 2 aliphatic heterocycles. The van der Waals surface area contributed by atoms with E-state index in [0.29, 0.717) is 18.4 Å². The molecule has 0 bridgehead atoms. The summed E-state index contributed by atoms with van der Waals surface area (Å²) in [4.78, 5) is 11.6. The van der Waals surface area contributed by atoms with Crippen molar-refractivity contribution in [3.63, 3.8) is 0 Å². The molecule has 0 amide bonds. The molecule has 2 aromatic heterocycles. The molecule has 2 aliphatic rings. The third-order valence-electron chi connectivity index (χ3n) is 8.53. The number of nitrogens with one attached hydrogen (secondary N) is 1. The van der Waals surface area contributed by atoms with Crippen LogP contribution in [0.15, 0.2) is 36.9 Å². The normalized spacial score (nSPS) is 17.4. The number of fused-ring (bicyclic) bond motifs is 3. The van der Waals surface area contributed by atoms with E-state index < -0.39 is 8.07 Å². The average Bonchev–Trinajstić information content (AvgIpc) is 3.54. The maximum absolute atomic E-state index is 6.14. The van der Waals surface area contributed by atoms with Crippen LogP contribution in [-0.4, -0.2) is 51.8 Å². The third kappa shape index (κ3) is 5.49. The first-order valence-electron chi connectivity index (χ1n) is 14.0. The highest BCUT2D eigenvalue weighted by Crippen LogP contribution is 2.41. The first kappa shape index (κ1) is 27.5. The molecule has 3 aromatic rings. The highest BCUT2D eigenvalue weighted by molar-refractivity contribution is 6.80. The van der Waals surface area contributed by atoms with E-state index in [1.807, 2.05) is 11.6 Å². The Balaban J connectivity index is 1.34. The maximum Gasteiger partial charge on any atom is 0.195 e. The Bertz CT molecular complexity index is 1350. The number of ether oxygens (including phenoxy) is 2. The van der Waals surface area contributed by atoms with Crippen LogP contribution in [0.5, 0.6) is 0 Å². The molecule has 0 aliphatic carbocycles. The number of imidazole rings is 1. The van der Waals surface area contributed by atoms with Crippen molar-refractivity contribution in [2.75, 3.05) is 23.4 Å². The number of hydrogen-bond acceptors (Lipinski definition) is 7. The second kappa shape index (κ2) is 10.5. The summed E-state index contributed by atoms with van der Waals surface area (Å²) >= 11 is 0. The molecule has 0 saturated carbocycles. The minimum atomic E-state index is -1.35. The molecule has 1 N–H and O–H groups in total. The summed E-state index contributed by atoms with van der Waals surface area (Å²) < 4.78 is 16.3. The maximum atomic E-state index is 6.14. The Kier molecular flexibility index (Phi) is 7.36. The zero-order chi connectivity index (χ0) is 27.9. The van der Waals surface area contributed by atoms with Gasteiger partial charge in [0.25, 0.3) is 0 Å². The molecule has 9 nitrogen and oxygen atoms in total. The molecule has 0 spiro atoms. The minimum absolute atomic E-state index is 0.122. The van der Waals surface area contributed by atoms with Gasteiger partial charge >= 0.3 is 0 Å². The number of nitrogens with zero attached hydrogens (tertiary/aromatic N) is 6. The molecule has 1 atom stereocenters.